The zero-order chi connectivity index (χ0) is 22.2. The topological polar surface area (TPSA) is 148 Å². The third kappa shape index (κ3) is 4.82. The largest absolute Gasteiger partial charge is 0.395 e. The van der Waals surface area contributed by atoms with E-state index in [0.717, 1.165) is 5.56 Å². The van der Waals surface area contributed by atoms with Crippen molar-refractivity contribution in [1.29, 1.82) is 5.26 Å². The molecule has 160 valence electrons. The van der Waals surface area contributed by atoms with Crippen molar-refractivity contribution < 1.29 is 10.2 Å². The smallest absolute Gasteiger partial charge is 0.197 e. The van der Waals surface area contributed by atoms with Crippen LogP contribution in [0.2, 0.25) is 0 Å². The minimum absolute atomic E-state index is 0.0640. The third-order valence-electron chi connectivity index (χ3n) is 4.45. The van der Waals surface area contributed by atoms with E-state index >= 15 is 0 Å². The molecule has 0 amide bonds. The molecule has 0 atom stereocenters. The summed E-state index contributed by atoms with van der Waals surface area (Å²) in [5.74, 6) is 1.84. The van der Waals surface area contributed by atoms with Gasteiger partial charge in [-0.05, 0) is 30.7 Å². The molecule has 3 heterocycles. The first kappa shape index (κ1) is 21.8. The van der Waals surface area contributed by atoms with Gasteiger partial charge >= 0.3 is 0 Å². The molecule has 0 spiro atoms. The number of azo groups is 1. The van der Waals surface area contributed by atoms with Gasteiger partial charge in [-0.2, -0.15) is 15.0 Å². The van der Waals surface area contributed by atoms with Gasteiger partial charge in [-0.25, -0.2) is 9.97 Å². The van der Waals surface area contributed by atoms with E-state index < -0.39 is 0 Å². The van der Waals surface area contributed by atoms with Crippen LogP contribution in [0, 0.1) is 18.3 Å². The van der Waals surface area contributed by atoms with Gasteiger partial charge in [0.15, 0.2) is 17.5 Å². The van der Waals surface area contributed by atoms with Crippen LogP contribution >= 0.6 is 0 Å². The van der Waals surface area contributed by atoms with Crippen molar-refractivity contribution >= 4 is 23.1 Å². The number of aliphatic hydroxyl groups excluding tert-OH is 2. The Morgan fingerprint density at radius 1 is 1.23 bits per heavy atom. The predicted molar refractivity (Wildman–Crippen MR) is 115 cm³/mol. The van der Waals surface area contributed by atoms with Crippen LogP contribution in [-0.4, -0.2) is 63.3 Å². The van der Waals surface area contributed by atoms with E-state index in [2.05, 4.69) is 36.7 Å². The van der Waals surface area contributed by atoms with Crippen molar-refractivity contribution in [2.24, 2.45) is 10.2 Å². The van der Waals surface area contributed by atoms with E-state index in [4.69, 9.17) is 0 Å². The van der Waals surface area contributed by atoms with Crippen LogP contribution in [-0.2, 0) is 0 Å². The number of nitriles is 1. The Labute approximate surface area is 179 Å². The van der Waals surface area contributed by atoms with Gasteiger partial charge in [0.05, 0.1) is 19.4 Å². The summed E-state index contributed by atoms with van der Waals surface area (Å²) in [7, 11) is 1.71. The minimum Gasteiger partial charge on any atom is -0.395 e. The Morgan fingerprint density at radius 3 is 2.61 bits per heavy atom. The van der Waals surface area contributed by atoms with Crippen LogP contribution in [0.5, 0.6) is 0 Å². The molecule has 0 bridgehead atoms. The molecule has 3 aromatic heterocycles. The lowest BCUT2D eigenvalue weighted by Crippen LogP contribution is -2.30. The molecular weight excluding hydrogens is 398 g/mol. The van der Waals surface area contributed by atoms with Crippen molar-refractivity contribution in [3.05, 3.63) is 47.8 Å². The molecule has 3 aromatic rings. The van der Waals surface area contributed by atoms with Crippen molar-refractivity contribution in [3.63, 3.8) is 0 Å². The Morgan fingerprint density at radius 2 is 2.00 bits per heavy atom. The molecule has 0 aromatic carbocycles. The van der Waals surface area contributed by atoms with E-state index in [9.17, 15) is 15.5 Å². The number of aromatic nitrogens is 4. The van der Waals surface area contributed by atoms with Gasteiger partial charge in [-0.3, -0.25) is 0 Å². The van der Waals surface area contributed by atoms with Crippen molar-refractivity contribution in [3.8, 4) is 11.9 Å². The van der Waals surface area contributed by atoms with E-state index in [1.54, 1.807) is 30.3 Å². The van der Waals surface area contributed by atoms with E-state index in [1.807, 2.05) is 19.1 Å². The van der Waals surface area contributed by atoms with Gasteiger partial charge in [0.1, 0.15) is 23.1 Å². The highest BCUT2D eigenvalue weighted by atomic mass is 16.3. The molecule has 3 N–H and O–H groups in total. The van der Waals surface area contributed by atoms with Crippen molar-refractivity contribution in [1.82, 2.24) is 19.7 Å². The predicted octanol–water partition coefficient (Wildman–Crippen LogP) is 2.09. The van der Waals surface area contributed by atoms with Crippen LogP contribution in [0.1, 0.15) is 11.1 Å². The molecular formula is C20H23N9O2. The normalized spacial score (nSPS) is 10.9. The number of pyridine rings is 2. The summed E-state index contributed by atoms with van der Waals surface area (Å²) in [5.41, 5.74) is 1.54. The van der Waals surface area contributed by atoms with E-state index in [1.165, 1.54) is 10.9 Å². The van der Waals surface area contributed by atoms with Crippen LogP contribution < -0.4 is 10.2 Å². The highest BCUT2D eigenvalue weighted by molar-refractivity contribution is 5.68. The second kappa shape index (κ2) is 10.2. The molecule has 0 unspecified atom stereocenters. The first-order valence-corrected chi connectivity index (χ1v) is 9.60. The van der Waals surface area contributed by atoms with Crippen LogP contribution in [0.4, 0.5) is 23.1 Å². The van der Waals surface area contributed by atoms with Gasteiger partial charge in [0, 0.05) is 26.3 Å². The first-order valence-electron chi connectivity index (χ1n) is 9.60. The second-order valence-corrected chi connectivity index (χ2v) is 6.47. The number of hydrogen-bond donors (Lipinski definition) is 3. The lowest BCUT2D eigenvalue weighted by Gasteiger charge is -2.23. The molecule has 3 rings (SSSR count). The number of nitrogens with one attached hydrogen (secondary N) is 1. The molecule has 0 fully saturated rings. The molecule has 0 aliphatic heterocycles. The Hall–Kier alpha value is -3.88. The first-order chi connectivity index (χ1) is 15.1. The average molecular weight is 421 g/mol. The molecule has 0 aliphatic rings. The van der Waals surface area contributed by atoms with Gasteiger partial charge < -0.3 is 20.4 Å². The van der Waals surface area contributed by atoms with Crippen molar-refractivity contribution in [2.45, 2.75) is 6.92 Å². The molecule has 0 radical (unpaired) electrons. The van der Waals surface area contributed by atoms with E-state index in [-0.39, 0.29) is 24.6 Å². The summed E-state index contributed by atoms with van der Waals surface area (Å²) < 4.78 is 1.45. The van der Waals surface area contributed by atoms with Crippen LogP contribution in [0.25, 0.3) is 5.82 Å². The number of hydrogen-bond acceptors (Lipinski definition) is 10. The summed E-state index contributed by atoms with van der Waals surface area (Å²) >= 11 is 0. The fourth-order valence-corrected chi connectivity index (χ4v) is 2.95. The standard InChI is InChI=1S/C20H23N9O2/c1-14-11-17(28(7-9-30)8-10-31)25-19(22-2)18(14)26-27-20-15(12-21)13-24-29(20)16-5-3-4-6-23-16/h3-6,11,13,30-31H,7-10H2,1-2H3,(H,22,25). The van der Waals surface area contributed by atoms with Crippen LogP contribution in [0.15, 0.2) is 46.9 Å². The maximum absolute atomic E-state index is 9.43. The zero-order valence-electron chi connectivity index (χ0n) is 17.3. The van der Waals surface area contributed by atoms with E-state index in [0.29, 0.717) is 36.2 Å². The number of aryl methyl sites for hydroxylation is 1. The average Bonchev–Trinajstić information content (AvgIpc) is 3.21. The lowest BCUT2D eigenvalue weighted by molar-refractivity contribution is 0.280. The third-order valence-corrected chi connectivity index (χ3v) is 4.45. The Kier molecular flexibility index (Phi) is 7.21. The fourth-order valence-electron chi connectivity index (χ4n) is 2.95. The summed E-state index contributed by atoms with van der Waals surface area (Å²) in [6.07, 6.45) is 3.04. The highest BCUT2D eigenvalue weighted by Crippen LogP contribution is 2.33. The Bertz CT molecular complexity index is 1080. The van der Waals surface area contributed by atoms with Gasteiger partial charge in [-0.15, -0.1) is 10.2 Å². The number of aliphatic hydroxyl groups is 2. The number of nitrogens with zero attached hydrogens (tertiary/aromatic N) is 8. The summed E-state index contributed by atoms with van der Waals surface area (Å²) in [6.45, 7) is 2.41. The molecule has 0 aliphatic carbocycles. The molecule has 0 saturated heterocycles. The summed E-state index contributed by atoms with van der Waals surface area (Å²) in [4.78, 5) is 10.6. The summed E-state index contributed by atoms with van der Waals surface area (Å²) in [5, 5.41) is 43.9. The fraction of sp³-hybridized carbons (Fsp3) is 0.300. The molecule has 0 saturated carbocycles. The summed E-state index contributed by atoms with van der Waals surface area (Å²) in [6, 6.07) is 9.23. The van der Waals surface area contributed by atoms with Crippen molar-refractivity contribution in [2.75, 3.05) is 43.6 Å². The molecule has 11 nitrogen and oxygen atoms in total. The quantitative estimate of drug-likeness (QED) is 0.445. The maximum atomic E-state index is 9.43. The molecule has 31 heavy (non-hydrogen) atoms. The number of anilines is 2. The van der Waals surface area contributed by atoms with Gasteiger partial charge in [0.2, 0.25) is 0 Å². The Balaban J connectivity index is 2.02. The zero-order valence-corrected chi connectivity index (χ0v) is 17.3. The SMILES string of the molecule is CNc1nc(N(CCO)CCO)cc(C)c1N=Nc1c(C#N)cnn1-c1ccccn1. The highest BCUT2D eigenvalue weighted by Gasteiger charge is 2.16. The van der Waals surface area contributed by atoms with Gasteiger partial charge in [0.25, 0.3) is 0 Å². The second-order valence-electron chi connectivity index (χ2n) is 6.47. The van der Waals surface area contributed by atoms with Crippen LogP contribution in [0.3, 0.4) is 0 Å². The number of rotatable bonds is 9. The molecule has 11 heteroatoms. The minimum atomic E-state index is -0.0640. The monoisotopic (exact) mass is 421 g/mol. The van der Waals surface area contributed by atoms with Gasteiger partial charge in [-0.1, -0.05) is 6.07 Å². The lowest BCUT2D eigenvalue weighted by atomic mass is 10.2. The maximum Gasteiger partial charge on any atom is 0.197 e.